The zero-order valence-corrected chi connectivity index (χ0v) is 17.2. The number of aliphatic hydroxyl groups is 1. The smallest absolute Gasteiger partial charge is 0.243 e. The number of aliphatic hydroxyl groups excluding tert-OH is 1. The molecule has 146 valence electrons. The molecule has 0 saturated heterocycles. The second-order valence-electron chi connectivity index (χ2n) is 6.78. The second-order valence-corrected chi connectivity index (χ2v) is 9.15. The molecular weight excluding hydrogens is 382 g/mol. The van der Waals surface area contributed by atoms with E-state index in [0.717, 1.165) is 5.56 Å². The van der Waals surface area contributed by atoms with Crippen molar-refractivity contribution in [3.05, 3.63) is 71.3 Å². The molecule has 0 aliphatic rings. The van der Waals surface area contributed by atoms with Gasteiger partial charge in [0.15, 0.2) is 0 Å². The first-order valence-electron chi connectivity index (χ1n) is 8.92. The van der Waals surface area contributed by atoms with Gasteiger partial charge in [-0.15, -0.1) is 0 Å². The molecule has 6 heteroatoms. The summed E-state index contributed by atoms with van der Waals surface area (Å²) in [4.78, 5) is 0.195. The Labute approximate surface area is 167 Å². The lowest BCUT2D eigenvalue weighted by molar-refractivity contribution is 0.168. The van der Waals surface area contributed by atoms with E-state index in [1.165, 1.54) is 16.4 Å². The van der Waals surface area contributed by atoms with Gasteiger partial charge in [-0.2, -0.15) is 4.31 Å². The summed E-state index contributed by atoms with van der Waals surface area (Å²) in [5.41, 5.74) is 1.00. The van der Waals surface area contributed by atoms with Crippen molar-refractivity contribution in [1.29, 1.82) is 0 Å². The summed E-state index contributed by atoms with van der Waals surface area (Å²) < 4.78 is 27.7. The lowest BCUT2D eigenvalue weighted by Crippen LogP contribution is -2.38. The molecule has 0 amide bonds. The molecule has 2 aromatic carbocycles. The first kappa shape index (κ1) is 21.6. The number of hydrogen-bond acceptors (Lipinski definition) is 3. The normalized spacial score (nSPS) is 13.6. The Morgan fingerprint density at radius 1 is 1.07 bits per heavy atom. The molecule has 1 N–H and O–H groups in total. The van der Waals surface area contributed by atoms with Crippen molar-refractivity contribution >= 4 is 27.7 Å². The fourth-order valence-electron chi connectivity index (χ4n) is 2.64. The van der Waals surface area contributed by atoms with Gasteiger partial charge in [0.25, 0.3) is 0 Å². The summed E-state index contributed by atoms with van der Waals surface area (Å²) in [7, 11) is -3.70. The fourth-order valence-corrected chi connectivity index (χ4v) is 4.21. The number of sulfonamides is 1. The summed E-state index contributed by atoms with van der Waals surface area (Å²) in [6.07, 6.45) is 3.73. The minimum absolute atomic E-state index is 0.0628. The molecule has 0 spiro atoms. The van der Waals surface area contributed by atoms with Gasteiger partial charge in [0.1, 0.15) is 0 Å². The average molecular weight is 408 g/mol. The third-order valence-corrected chi connectivity index (χ3v) is 6.58. The van der Waals surface area contributed by atoms with Gasteiger partial charge in [-0.3, -0.25) is 0 Å². The molecule has 0 aliphatic heterocycles. The SMILES string of the molecule is CC(C)[C@H](CO)CN(CC=Cc1ccccc1)S(=O)(=O)c1ccc(Cl)cc1. The average Bonchev–Trinajstić information content (AvgIpc) is 2.65. The van der Waals surface area contributed by atoms with E-state index in [0.29, 0.717) is 5.02 Å². The van der Waals surface area contributed by atoms with Crippen LogP contribution < -0.4 is 0 Å². The molecule has 0 unspecified atom stereocenters. The van der Waals surface area contributed by atoms with Gasteiger partial charge in [-0.1, -0.05) is 67.9 Å². The van der Waals surface area contributed by atoms with Gasteiger partial charge in [-0.25, -0.2) is 8.42 Å². The number of nitrogens with zero attached hydrogens (tertiary/aromatic N) is 1. The second kappa shape index (κ2) is 10.0. The first-order chi connectivity index (χ1) is 12.8. The van der Waals surface area contributed by atoms with Crippen molar-refractivity contribution in [1.82, 2.24) is 4.31 Å². The molecule has 2 rings (SSSR count). The highest BCUT2D eigenvalue weighted by Gasteiger charge is 2.27. The van der Waals surface area contributed by atoms with Crippen molar-refractivity contribution in [2.75, 3.05) is 19.7 Å². The van der Waals surface area contributed by atoms with E-state index in [9.17, 15) is 13.5 Å². The fraction of sp³-hybridized carbons (Fsp3) is 0.333. The Morgan fingerprint density at radius 3 is 2.26 bits per heavy atom. The third-order valence-electron chi connectivity index (χ3n) is 4.49. The lowest BCUT2D eigenvalue weighted by Gasteiger charge is -2.27. The van der Waals surface area contributed by atoms with E-state index in [2.05, 4.69) is 0 Å². The van der Waals surface area contributed by atoms with Gasteiger partial charge in [-0.05, 0) is 41.7 Å². The predicted molar refractivity (Wildman–Crippen MR) is 111 cm³/mol. The monoisotopic (exact) mass is 407 g/mol. The van der Waals surface area contributed by atoms with Crippen LogP contribution in [0.5, 0.6) is 0 Å². The minimum atomic E-state index is -3.70. The summed E-state index contributed by atoms with van der Waals surface area (Å²) in [6, 6.07) is 15.9. The van der Waals surface area contributed by atoms with Crippen LogP contribution in [0.15, 0.2) is 65.6 Å². The third kappa shape index (κ3) is 6.18. The number of rotatable bonds is 9. The molecule has 0 aromatic heterocycles. The highest BCUT2D eigenvalue weighted by Crippen LogP contribution is 2.22. The Hall–Kier alpha value is -1.66. The van der Waals surface area contributed by atoms with E-state index >= 15 is 0 Å². The maximum Gasteiger partial charge on any atom is 0.243 e. The lowest BCUT2D eigenvalue weighted by atomic mass is 9.97. The molecule has 2 aromatic rings. The predicted octanol–water partition coefficient (Wildman–Crippen LogP) is 4.31. The summed E-state index contributed by atoms with van der Waals surface area (Å²) >= 11 is 5.89. The topological polar surface area (TPSA) is 57.6 Å². The van der Waals surface area contributed by atoms with Gasteiger partial charge in [0.2, 0.25) is 10.0 Å². The van der Waals surface area contributed by atoms with Crippen LogP contribution in [0.25, 0.3) is 6.08 Å². The molecule has 0 saturated carbocycles. The zero-order valence-electron chi connectivity index (χ0n) is 15.6. The molecule has 4 nitrogen and oxygen atoms in total. The van der Waals surface area contributed by atoms with Crippen molar-refractivity contribution < 1.29 is 13.5 Å². The van der Waals surface area contributed by atoms with Crippen LogP contribution in [0.3, 0.4) is 0 Å². The molecule has 0 fully saturated rings. The van der Waals surface area contributed by atoms with Crippen LogP contribution in [-0.4, -0.2) is 37.5 Å². The summed E-state index contributed by atoms with van der Waals surface area (Å²) in [5.74, 6) is 0.0215. The van der Waals surface area contributed by atoms with Crippen molar-refractivity contribution in [3.63, 3.8) is 0 Å². The molecule has 0 heterocycles. The van der Waals surface area contributed by atoms with Crippen molar-refractivity contribution in [3.8, 4) is 0 Å². The van der Waals surface area contributed by atoms with Crippen LogP contribution in [0, 0.1) is 11.8 Å². The highest BCUT2D eigenvalue weighted by molar-refractivity contribution is 7.89. The summed E-state index contributed by atoms with van der Waals surface area (Å²) in [6.45, 7) is 4.37. The molecule has 27 heavy (non-hydrogen) atoms. The molecule has 0 radical (unpaired) electrons. The molecule has 1 atom stereocenters. The molecule has 0 bridgehead atoms. The van der Waals surface area contributed by atoms with Crippen LogP contribution in [-0.2, 0) is 10.0 Å². The van der Waals surface area contributed by atoms with E-state index in [1.54, 1.807) is 12.1 Å². The van der Waals surface area contributed by atoms with E-state index in [1.807, 2.05) is 56.3 Å². The standard InChI is InChI=1S/C21H26ClNO3S/c1-17(2)19(16-24)15-23(14-6-9-18-7-4-3-5-8-18)27(25,26)21-12-10-20(22)11-13-21/h3-13,17,19,24H,14-16H2,1-2H3/t19-/m0/s1. The highest BCUT2D eigenvalue weighted by atomic mass is 35.5. The molecule has 0 aliphatic carbocycles. The van der Waals surface area contributed by atoms with E-state index in [-0.39, 0.29) is 36.4 Å². The van der Waals surface area contributed by atoms with Gasteiger partial charge < -0.3 is 5.11 Å². The Morgan fingerprint density at radius 2 is 1.70 bits per heavy atom. The van der Waals surface area contributed by atoms with Crippen molar-refractivity contribution in [2.45, 2.75) is 18.7 Å². The Bertz CT molecular complexity index is 833. The largest absolute Gasteiger partial charge is 0.396 e. The Balaban J connectivity index is 2.27. The quantitative estimate of drug-likeness (QED) is 0.673. The van der Waals surface area contributed by atoms with Crippen LogP contribution in [0.4, 0.5) is 0 Å². The van der Waals surface area contributed by atoms with Crippen molar-refractivity contribution in [2.24, 2.45) is 11.8 Å². The maximum atomic E-state index is 13.1. The van der Waals surface area contributed by atoms with Gasteiger partial charge >= 0.3 is 0 Å². The zero-order chi connectivity index (χ0) is 19.9. The minimum Gasteiger partial charge on any atom is -0.396 e. The number of hydrogen-bond donors (Lipinski definition) is 1. The summed E-state index contributed by atoms with van der Waals surface area (Å²) in [5, 5.41) is 10.2. The first-order valence-corrected chi connectivity index (χ1v) is 10.7. The Kier molecular flexibility index (Phi) is 8.05. The van der Waals surface area contributed by atoms with Gasteiger partial charge in [0.05, 0.1) is 4.90 Å². The van der Waals surface area contributed by atoms with Gasteiger partial charge in [0, 0.05) is 24.7 Å². The van der Waals surface area contributed by atoms with Crippen LogP contribution in [0.2, 0.25) is 5.02 Å². The van der Waals surface area contributed by atoms with E-state index in [4.69, 9.17) is 11.6 Å². The van der Waals surface area contributed by atoms with Crippen LogP contribution >= 0.6 is 11.6 Å². The van der Waals surface area contributed by atoms with E-state index < -0.39 is 10.0 Å². The molecular formula is C21H26ClNO3S. The van der Waals surface area contributed by atoms with Crippen LogP contribution in [0.1, 0.15) is 19.4 Å². The number of benzene rings is 2. The maximum absolute atomic E-state index is 13.1. The number of halogens is 1.